The van der Waals surface area contributed by atoms with Crippen LogP contribution in [0.4, 0.5) is 0 Å². The monoisotopic (exact) mass is 688 g/mol. The van der Waals surface area contributed by atoms with Gasteiger partial charge in [-0.1, -0.05) is 86.6 Å². The van der Waals surface area contributed by atoms with Crippen LogP contribution >= 0.6 is 0 Å². The highest BCUT2D eigenvalue weighted by molar-refractivity contribution is 6.74. The Morgan fingerprint density at radius 1 is 0.979 bits per heavy atom. The lowest BCUT2D eigenvalue weighted by atomic mass is 9.66. The minimum absolute atomic E-state index is 0.0620. The van der Waals surface area contributed by atoms with E-state index in [-0.39, 0.29) is 58.3 Å². The zero-order chi connectivity index (χ0) is 35.6. The van der Waals surface area contributed by atoms with Gasteiger partial charge in [-0.05, 0) is 85.8 Å². The molecule has 0 saturated carbocycles. The quantitative estimate of drug-likeness (QED) is 0.109. The summed E-state index contributed by atoms with van der Waals surface area (Å²) >= 11 is 0. The van der Waals surface area contributed by atoms with Gasteiger partial charge in [0.1, 0.15) is 12.2 Å². The molecule has 1 saturated heterocycles. The van der Waals surface area contributed by atoms with Crippen LogP contribution in [0.3, 0.4) is 0 Å². The molecule has 0 aromatic heterocycles. The third-order valence-corrected chi connectivity index (χ3v) is 21.5. The normalized spacial score (nSPS) is 29.1. The van der Waals surface area contributed by atoms with Crippen LogP contribution in [-0.4, -0.2) is 53.0 Å². The molecule has 6 nitrogen and oxygen atoms in total. The number of hydrogen-bond donors (Lipinski definition) is 0. The Morgan fingerprint density at radius 3 is 2.13 bits per heavy atom. The average Bonchev–Trinajstić information content (AvgIpc) is 2.93. The highest BCUT2D eigenvalue weighted by Gasteiger charge is 2.48. The first-order valence-electron chi connectivity index (χ1n) is 18.4. The van der Waals surface area contributed by atoms with Crippen molar-refractivity contribution in [3.05, 3.63) is 36.5 Å². The van der Waals surface area contributed by atoms with Gasteiger partial charge in [0, 0.05) is 18.8 Å². The summed E-state index contributed by atoms with van der Waals surface area (Å²) in [6, 6.07) is 0. The maximum Gasteiger partial charge on any atom is 0.312 e. The Hall–Kier alpha value is -1.49. The molecule has 8 heteroatoms. The number of ether oxygens (including phenoxy) is 2. The van der Waals surface area contributed by atoms with Gasteiger partial charge < -0.3 is 18.3 Å². The molecule has 3 aliphatic rings. The van der Waals surface area contributed by atoms with Gasteiger partial charge in [0.25, 0.3) is 0 Å². The van der Waals surface area contributed by atoms with E-state index in [0.717, 1.165) is 19.3 Å². The highest BCUT2D eigenvalue weighted by Crippen LogP contribution is 2.47. The molecule has 1 fully saturated rings. The molecule has 3 rings (SSSR count). The number of rotatable bonds is 13. The molecule has 0 N–H and O–H groups in total. The number of hydrogen-bond acceptors (Lipinski definition) is 6. The summed E-state index contributed by atoms with van der Waals surface area (Å²) in [6.45, 7) is 33.0. The zero-order valence-electron chi connectivity index (χ0n) is 32.2. The van der Waals surface area contributed by atoms with E-state index in [1.165, 1.54) is 5.57 Å². The first-order valence-corrected chi connectivity index (χ1v) is 24.2. The molecule has 2 aliphatic carbocycles. The van der Waals surface area contributed by atoms with Gasteiger partial charge in [-0.15, -0.1) is 6.58 Å². The highest BCUT2D eigenvalue weighted by atomic mass is 28.4. The summed E-state index contributed by atoms with van der Waals surface area (Å²) in [4.78, 5) is 26.8. The number of fused-ring (bicyclic) bond motifs is 1. The lowest BCUT2D eigenvalue weighted by Crippen LogP contribution is -2.49. The van der Waals surface area contributed by atoms with Crippen LogP contribution in [0.2, 0.25) is 36.3 Å². The first-order chi connectivity index (χ1) is 21.6. The minimum Gasteiger partial charge on any atom is -0.462 e. The molecule has 0 amide bonds. The lowest BCUT2D eigenvalue weighted by Gasteiger charge is -2.47. The summed E-state index contributed by atoms with van der Waals surface area (Å²) < 4.78 is 26.2. The van der Waals surface area contributed by atoms with Gasteiger partial charge >= 0.3 is 11.9 Å². The number of carbonyl (C=O) groups excluding carboxylic acids is 2. The molecule has 0 aromatic carbocycles. The van der Waals surface area contributed by atoms with E-state index >= 15 is 0 Å². The molecule has 1 heterocycles. The Labute approximate surface area is 289 Å². The topological polar surface area (TPSA) is 71.1 Å². The number of allylic oxidation sites excluding steroid dienone is 3. The largest absolute Gasteiger partial charge is 0.462 e. The van der Waals surface area contributed by atoms with E-state index in [1.54, 1.807) is 0 Å². The maximum atomic E-state index is 14.1. The molecule has 0 bridgehead atoms. The van der Waals surface area contributed by atoms with Crippen LogP contribution in [0.25, 0.3) is 0 Å². The minimum atomic E-state index is -2.07. The van der Waals surface area contributed by atoms with Crippen LogP contribution in [0.5, 0.6) is 0 Å². The molecular formula is C39H68O6Si2. The van der Waals surface area contributed by atoms with E-state index in [1.807, 2.05) is 6.08 Å². The van der Waals surface area contributed by atoms with Crippen molar-refractivity contribution in [3.63, 3.8) is 0 Å². The van der Waals surface area contributed by atoms with Gasteiger partial charge in [0.05, 0.1) is 24.0 Å². The predicted molar refractivity (Wildman–Crippen MR) is 198 cm³/mol. The standard InChI is InChI=1S/C39H68O6Si2/c1-15-22-39(16-2,17-3)36(41)43-33-25-30(44-46(11,12)37(5,6)7)23-28-19-18-27(4)32(35(28)33)21-20-29-24-31(26-34(40)42-29)45-47(13,14)38(8,9)10/h15,18-19,23,27,29-33,35H,1,16-17,20-22,24-26H2,2-14H3. The molecular weight excluding hydrogens is 621 g/mol. The third-order valence-electron chi connectivity index (χ3n) is 12.5. The van der Waals surface area contributed by atoms with Crippen LogP contribution in [-0.2, 0) is 27.9 Å². The van der Waals surface area contributed by atoms with Gasteiger partial charge in [0.15, 0.2) is 16.6 Å². The number of cyclic esters (lactones) is 1. The van der Waals surface area contributed by atoms with E-state index in [0.29, 0.717) is 38.0 Å². The van der Waals surface area contributed by atoms with Crippen molar-refractivity contribution in [2.75, 3.05) is 0 Å². The van der Waals surface area contributed by atoms with Gasteiger partial charge in [-0.3, -0.25) is 9.59 Å². The fraction of sp³-hybridized carbons (Fsp3) is 0.795. The smallest absolute Gasteiger partial charge is 0.312 e. The lowest BCUT2D eigenvalue weighted by molar-refractivity contribution is -0.168. The van der Waals surface area contributed by atoms with Crippen molar-refractivity contribution >= 4 is 28.6 Å². The van der Waals surface area contributed by atoms with Crippen molar-refractivity contribution in [2.45, 2.75) is 174 Å². The fourth-order valence-electron chi connectivity index (χ4n) is 7.14. The van der Waals surface area contributed by atoms with Crippen molar-refractivity contribution in [2.24, 2.45) is 23.2 Å². The average molecular weight is 689 g/mol. The summed E-state index contributed by atoms with van der Waals surface area (Å²) in [5, 5.41) is 0.149. The summed E-state index contributed by atoms with van der Waals surface area (Å²) in [7, 11) is -4.09. The summed E-state index contributed by atoms with van der Waals surface area (Å²) in [5.74, 6) is 0.328. The molecule has 0 radical (unpaired) electrons. The van der Waals surface area contributed by atoms with Crippen molar-refractivity contribution in [1.29, 1.82) is 0 Å². The van der Waals surface area contributed by atoms with Gasteiger partial charge in [0.2, 0.25) is 0 Å². The SMILES string of the molecule is C=CCC(CC)(CC)C(=O)OC1CC(O[Si](C)(C)C(C)(C)C)C=C2C=CC(C)C(CCC3CC(O[Si](C)(C)C(C)(C)C)CC(=O)O3)C21. The molecule has 0 aromatic rings. The number of esters is 2. The van der Waals surface area contributed by atoms with Crippen molar-refractivity contribution in [1.82, 2.24) is 0 Å². The first kappa shape index (κ1) is 39.9. The second kappa shape index (κ2) is 15.2. The van der Waals surface area contributed by atoms with Crippen LogP contribution in [0.15, 0.2) is 36.5 Å². The van der Waals surface area contributed by atoms with E-state index in [4.69, 9.17) is 18.3 Å². The molecule has 1 aliphatic heterocycles. The second-order valence-corrected chi connectivity index (χ2v) is 27.3. The van der Waals surface area contributed by atoms with Crippen LogP contribution in [0.1, 0.15) is 114 Å². The fourth-order valence-corrected chi connectivity index (χ4v) is 9.78. The maximum absolute atomic E-state index is 14.1. The summed E-state index contributed by atoms with van der Waals surface area (Å²) in [6.07, 6.45) is 13.4. The Bertz CT molecular complexity index is 1170. The van der Waals surface area contributed by atoms with Crippen molar-refractivity contribution in [3.8, 4) is 0 Å². The van der Waals surface area contributed by atoms with Crippen LogP contribution < -0.4 is 0 Å². The Balaban J connectivity index is 1.90. The molecule has 268 valence electrons. The third kappa shape index (κ3) is 9.40. The van der Waals surface area contributed by atoms with E-state index in [2.05, 4.69) is 113 Å². The van der Waals surface area contributed by atoms with Crippen LogP contribution in [0, 0.1) is 23.2 Å². The van der Waals surface area contributed by atoms with Gasteiger partial charge in [-0.25, -0.2) is 0 Å². The molecule has 7 unspecified atom stereocenters. The second-order valence-electron chi connectivity index (χ2n) is 17.8. The molecule has 7 atom stereocenters. The summed E-state index contributed by atoms with van der Waals surface area (Å²) in [5.41, 5.74) is 0.642. The van der Waals surface area contributed by atoms with E-state index < -0.39 is 22.0 Å². The zero-order valence-corrected chi connectivity index (χ0v) is 34.2. The Kier molecular flexibility index (Phi) is 12.9. The molecule has 47 heavy (non-hydrogen) atoms. The molecule has 0 spiro atoms. The Morgan fingerprint density at radius 2 is 1.57 bits per heavy atom. The predicted octanol–water partition coefficient (Wildman–Crippen LogP) is 10.3. The van der Waals surface area contributed by atoms with Crippen molar-refractivity contribution < 1.29 is 27.9 Å². The van der Waals surface area contributed by atoms with E-state index in [9.17, 15) is 9.59 Å². The number of carbonyl (C=O) groups is 2. The van der Waals surface area contributed by atoms with Gasteiger partial charge in [-0.2, -0.15) is 0 Å².